The van der Waals surface area contributed by atoms with Crippen molar-refractivity contribution in [2.24, 2.45) is 0 Å². The van der Waals surface area contributed by atoms with E-state index >= 15 is 0 Å². The summed E-state index contributed by atoms with van der Waals surface area (Å²) in [5.41, 5.74) is 2.53. The van der Waals surface area contributed by atoms with E-state index in [1.165, 1.54) is 0 Å². The molecule has 3 nitrogen and oxygen atoms in total. The maximum atomic E-state index is 11.7. The highest BCUT2D eigenvalue weighted by atomic mass is 19.3. The molecule has 0 amide bonds. The molecule has 0 aromatic carbocycles. The van der Waals surface area contributed by atoms with Crippen molar-refractivity contribution in [3.8, 4) is 0 Å². The van der Waals surface area contributed by atoms with Crippen molar-refractivity contribution in [2.75, 3.05) is 26.7 Å². The molecule has 1 rings (SSSR count). The molecule has 1 fully saturated rings. The third-order valence-electron chi connectivity index (χ3n) is 1.60. The summed E-state index contributed by atoms with van der Waals surface area (Å²) in [7, 11) is 1.66. The zero-order valence-corrected chi connectivity index (χ0v) is 6.39. The molecule has 0 unspecified atom stereocenters. The van der Waals surface area contributed by atoms with Crippen LogP contribution in [0.4, 0.5) is 8.78 Å². The van der Waals surface area contributed by atoms with Crippen LogP contribution in [0.2, 0.25) is 0 Å². The number of alkyl halides is 2. The largest absolute Gasteiger partial charge is 0.296 e. The van der Waals surface area contributed by atoms with E-state index in [1.54, 1.807) is 11.9 Å². The van der Waals surface area contributed by atoms with E-state index in [1.807, 2.05) is 0 Å². The summed E-state index contributed by atoms with van der Waals surface area (Å²) in [5.74, 6) is 0. The van der Waals surface area contributed by atoms with Crippen LogP contribution in [-0.2, 0) is 4.84 Å². The van der Waals surface area contributed by atoms with Crippen LogP contribution in [0.15, 0.2) is 0 Å². The predicted octanol–water partition coefficient (Wildman–Crippen LogP) is 0.0867. The molecule has 1 N–H and O–H groups in total. The normalized spacial score (nSPS) is 20.7. The van der Waals surface area contributed by atoms with Crippen molar-refractivity contribution in [3.63, 3.8) is 0 Å². The molecule has 1 heterocycles. The Morgan fingerprint density at radius 2 is 2.27 bits per heavy atom. The second kappa shape index (κ2) is 3.94. The van der Waals surface area contributed by atoms with Gasteiger partial charge in [-0.1, -0.05) is 0 Å². The molecule has 0 spiro atoms. The fraction of sp³-hybridized carbons (Fsp3) is 1.00. The Balaban J connectivity index is 2.00. The number of hydrogen-bond donors (Lipinski definition) is 1. The molecule has 1 aliphatic rings. The Hall–Kier alpha value is -0.260. The first kappa shape index (κ1) is 8.83. The molecular formula is C6H12F2N2O. The number of halogens is 2. The Labute approximate surface area is 64.3 Å². The highest BCUT2D eigenvalue weighted by Crippen LogP contribution is 2.11. The van der Waals surface area contributed by atoms with Crippen molar-refractivity contribution in [3.05, 3.63) is 0 Å². The van der Waals surface area contributed by atoms with Crippen molar-refractivity contribution in [2.45, 2.75) is 12.5 Å². The predicted molar refractivity (Wildman–Crippen MR) is 36.4 cm³/mol. The minimum absolute atomic E-state index is 0.0822. The summed E-state index contributed by atoms with van der Waals surface area (Å²) < 4.78 is 23.4. The third kappa shape index (κ3) is 2.69. The van der Waals surface area contributed by atoms with Crippen LogP contribution in [0, 0.1) is 0 Å². The van der Waals surface area contributed by atoms with Crippen LogP contribution in [0.5, 0.6) is 0 Å². The molecular weight excluding hydrogens is 154 g/mol. The van der Waals surface area contributed by atoms with Gasteiger partial charge in [0.15, 0.2) is 0 Å². The smallest absolute Gasteiger partial charge is 0.251 e. The van der Waals surface area contributed by atoms with Gasteiger partial charge in [-0.25, -0.2) is 14.3 Å². The van der Waals surface area contributed by atoms with Crippen molar-refractivity contribution >= 4 is 0 Å². The topological polar surface area (TPSA) is 24.5 Å². The lowest BCUT2D eigenvalue weighted by atomic mass is 10.2. The second-order valence-electron chi connectivity index (χ2n) is 2.55. The summed E-state index contributed by atoms with van der Waals surface area (Å²) in [6.07, 6.45) is -2.15. The fourth-order valence-corrected chi connectivity index (χ4v) is 1.11. The summed E-state index contributed by atoms with van der Waals surface area (Å²) in [5, 5.41) is 0. The Morgan fingerprint density at radius 1 is 1.64 bits per heavy atom. The summed E-state index contributed by atoms with van der Waals surface area (Å²) in [4.78, 5) is 6.61. The first-order chi connectivity index (χ1) is 5.22. The number of rotatable bonds is 4. The lowest BCUT2D eigenvalue weighted by molar-refractivity contribution is -0.105. The van der Waals surface area contributed by atoms with Gasteiger partial charge < -0.3 is 0 Å². The Morgan fingerprint density at radius 3 is 2.73 bits per heavy atom. The van der Waals surface area contributed by atoms with E-state index in [4.69, 9.17) is 4.84 Å². The molecule has 1 aliphatic heterocycles. The Kier molecular flexibility index (Phi) is 3.16. The van der Waals surface area contributed by atoms with Crippen LogP contribution in [0.3, 0.4) is 0 Å². The minimum atomic E-state index is -2.23. The average Bonchev–Trinajstić information content (AvgIpc) is 1.82. The van der Waals surface area contributed by atoms with Gasteiger partial charge in [0.2, 0.25) is 0 Å². The monoisotopic (exact) mass is 166 g/mol. The number of nitrogens with one attached hydrogen (secondary N) is 1. The summed E-state index contributed by atoms with van der Waals surface area (Å²) in [6, 6.07) is 0. The van der Waals surface area contributed by atoms with Crippen LogP contribution >= 0.6 is 0 Å². The van der Waals surface area contributed by atoms with Crippen molar-refractivity contribution in [1.29, 1.82) is 0 Å². The third-order valence-corrected chi connectivity index (χ3v) is 1.60. The van der Waals surface area contributed by atoms with Gasteiger partial charge in [-0.2, -0.15) is 0 Å². The molecule has 0 aliphatic carbocycles. The SMILES string of the molecule is CNOC1CN(CC(F)F)C1. The molecule has 0 saturated carbocycles. The maximum absolute atomic E-state index is 11.7. The van der Waals surface area contributed by atoms with Gasteiger partial charge in [0.25, 0.3) is 6.43 Å². The van der Waals surface area contributed by atoms with Gasteiger partial charge in [0, 0.05) is 20.1 Å². The molecule has 0 aromatic rings. The molecule has 11 heavy (non-hydrogen) atoms. The van der Waals surface area contributed by atoms with Gasteiger partial charge in [0.05, 0.1) is 6.54 Å². The van der Waals surface area contributed by atoms with Crippen LogP contribution in [0.1, 0.15) is 0 Å². The number of hydrogen-bond acceptors (Lipinski definition) is 3. The van der Waals surface area contributed by atoms with E-state index in [2.05, 4.69) is 5.48 Å². The molecule has 0 aromatic heterocycles. The zero-order chi connectivity index (χ0) is 8.27. The van der Waals surface area contributed by atoms with E-state index in [9.17, 15) is 8.78 Å². The number of likely N-dealkylation sites (tertiary alicyclic amines) is 1. The zero-order valence-electron chi connectivity index (χ0n) is 6.39. The minimum Gasteiger partial charge on any atom is -0.296 e. The molecule has 66 valence electrons. The van der Waals surface area contributed by atoms with Crippen LogP contribution in [-0.4, -0.2) is 44.1 Å². The lowest BCUT2D eigenvalue weighted by Gasteiger charge is -2.37. The van der Waals surface area contributed by atoms with Gasteiger partial charge in [-0.15, -0.1) is 0 Å². The van der Waals surface area contributed by atoms with E-state index in [-0.39, 0.29) is 12.6 Å². The van der Waals surface area contributed by atoms with Crippen LogP contribution in [0.25, 0.3) is 0 Å². The first-order valence-corrected chi connectivity index (χ1v) is 3.55. The highest BCUT2D eigenvalue weighted by Gasteiger charge is 2.29. The summed E-state index contributed by atoms with van der Waals surface area (Å²) in [6.45, 7) is 1.07. The highest BCUT2D eigenvalue weighted by molar-refractivity contribution is 4.80. The number of nitrogens with zero attached hydrogens (tertiary/aromatic N) is 1. The van der Waals surface area contributed by atoms with Gasteiger partial charge in [-0.3, -0.25) is 9.74 Å². The van der Waals surface area contributed by atoms with E-state index < -0.39 is 6.43 Å². The molecule has 5 heteroatoms. The number of hydroxylamine groups is 1. The second-order valence-corrected chi connectivity index (χ2v) is 2.55. The van der Waals surface area contributed by atoms with E-state index in [0.29, 0.717) is 13.1 Å². The standard InChI is InChI=1S/C6H12F2N2O/c1-9-11-5-2-10(3-5)4-6(7)8/h5-6,9H,2-4H2,1H3. The quantitative estimate of drug-likeness (QED) is 0.599. The molecule has 0 bridgehead atoms. The fourth-order valence-electron chi connectivity index (χ4n) is 1.11. The molecule has 1 saturated heterocycles. The van der Waals surface area contributed by atoms with Gasteiger partial charge >= 0.3 is 0 Å². The summed E-state index contributed by atoms with van der Waals surface area (Å²) >= 11 is 0. The van der Waals surface area contributed by atoms with Crippen molar-refractivity contribution in [1.82, 2.24) is 10.4 Å². The average molecular weight is 166 g/mol. The maximum Gasteiger partial charge on any atom is 0.251 e. The lowest BCUT2D eigenvalue weighted by Crippen LogP contribution is -2.54. The van der Waals surface area contributed by atoms with Crippen molar-refractivity contribution < 1.29 is 13.6 Å². The molecule has 0 radical (unpaired) electrons. The molecule has 0 atom stereocenters. The first-order valence-electron chi connectivity index (χ1n) is 3.55. The Bertz CT molecular complexity index is 117. The van der Waals surface area contributed by atoms with Gasteiger partial charge in [-0.05, 0) is 0 Å². The van der Waals surface area contributed by atoms with Crippen LogP contribution < -0.4 is 5.48 Å². The van der Waals surface area contributed by atoms with E-state index in [0.717, 1.165) is 0 Å². The van der Waals surface area contributed by atoms with Gasteiger partial charge in [0.1, 0.15) is 6.10 Å².